The first-order valence-electron chi connectivity index (χ1n) is 7.78. The van der Waals surface area contributed by atoms with Crippen LogP contribution in [-0.2, 0) is 16.1 Å². The Morgan fingerprint density at radius 1 is 1.25 bits per heavy atom. The van der Waals surface area contributed by atoms with Gasteiger partial charge >= 0.3 is 0 Å². The second-order valence-electron chi connectivity index (χ2n) is 6.09. The first-order chi connectivity index (χ1) is 11.6. The molecule has 0 spiro atoms. The Morgan fingerprint density at radius 2 is 2.08 bits per heavy atom. The van der Waals surface area contributed by atoms with Crippen molar-refractivity contribution in [2.45, 2.75) is 31.5 Å². The highest BCUT2D eigenvalue weighted by Crippen LogP contribution is 2.38. The summed E-state index contributed by atoms with van der Waals surface area (Å²) in [6.07, 6.45) is 0.111. The van der Waals surface area contributed by atoms with E-state index in [9.17, 15) is 19.5 Å². The summed E-state index contributed by atoms with van der Waals surface area (Å²) in [5, 5.41) is 11.4. The molecule has 1 aromatic carbocycles. The van der Waals surface area contributed by atoms with Crippen LogP contribution in [0.25, 0.3) is 0 Å². The number of fused-ring (bicyclic) bond motifs is 2. The normalized spacial score (nSPS) is 25.5. The Hall–Kier alpha value is -2.61. The van der Waals surface area contributed by atoms with Crippen LogP contribution >= 0.6 is 0 Å². The third kappa shape index (κ3) is 2.30. The van der Waals surface area contributed by atoms with Gasteiger partial charge in [0.15, 0.2) is 17.6 Å². The maximum absolute atomic E-state index is 12.7. The molecule has 0 saturated carbocycles. The van der Waals surface area contributed by atoms with Crippen LogP contribution in [0.5, 0.6) is 11.5 Å². The Morgan fingerprint density at radius 3 is 2.83 bits per heavy atom. The number of aliphatic hydroxyl groups is 1. The van der Waals surface area contributed by atoms with Gasteiger partial charge in [0.25, 0.3) is 5.91 Å². The van der Waals surface area contributed by atoms with Crippen LogP contribution in [0.4, 0.5) is 0 Å². The zero-order chi connectivity index (χ0) is 16.8. The molecule has 1 aromatic rings. The average molecular weight is 332 g/mol. The predicted octanol–water partition coefficient (Wildman–Crippen LogP) is -0.420. The molecule has 3 aliphatic rings. The highest BCUT2D eigenvalue weighted by Gasteiger charge is 2.40. The molecular formula is C16H16N2O6. The molecule has 0 bridgehead atoms. The molecule has 8 heteroatoms. The molecule has 0 radical (unpaired) electrons. The molecule has 3 heterocycles. The van der Waals surface area contributed by atoms with Crippen LogP contribution in [0.1, 0.15) is 28.8 Å². The molecule has 4 rings (SSSR count). The second-order valence-corrected chi connectivity index (χ2v) is 6.09. The SMILES string of the molecule is O=C1CC[C@H](N2Cc3cc4c(cc3C2=O)OC[C@@H](CO)O4)C(=O)N1. The molecule has 2 N–H and O–H groups in total. The van der Waals surface area contributed by atoms with Gasteiger partial charge in [0.1, 0.15) is 12.6 Å². The fourth-order valence-corrected chi connectivity index (χ4v) is 3.26. The molecule has 0 aromatic heterocycles. The highest BCUT2D eigenvalue weighted by molar-refractivity contribution is 6.05. The van der Waals surface area contributed by atoms with Crippen LogP contribution in [0.3, 0.4) is 0 Å². The summed E-state index contributed by atoms with van der Waals surface area (Å²) in [6.45, 7) is 0.339. The third-order valence-corrected chi connectivity index (χ3v) is 4.51. The number of piperidine rings is 1. The maximum atomic E-state index is 12.7. The van der Waals surface area contributed by atoms with E-state index >= 15 is 0 Å². The summed E-state index contributed by atoms with van der Waals surface area (Å²) in [6, 6.07) is 2.69. The number of carbonyl (C=O) groups excluding carboxylic acids is 3. The van der Waals surface area contributed by atoms with Crippen molar-refractivity contribution >= 4 is 17.7 Å². The lowest BCUT2D eigenvalue weighted by Gasteiger charge is -2.29. The van der Waals surface area contributed by atoms with Crippen molar-refractivity contribution in [3.05, 3.63) is 23.3 Å². The van der Waals surface area contributed by atoms with Crippen molar-refractivity contribution in [2.24, 2.45) is 0 Å². The Balaban J connectivity index is 1.61. The lowest BCUT2D eigenvalue weighted by Crippen LogP contribution is -2.52. The standard InChI is InChI=1S/C16H16N2O6/c19-6-9-7-23-12-4-10-8(3-13(12)24-9)5-18(16(10)22)11-1-2-14(20)17-15(11)21/h3-4,9,11,19H,1-2,5-7H2,(H,17,20,21)/t9-,11+/m1/s1. The number of carbonyl (C=O) groups is 3. The molecule has 0 unspecified atom stereocenters. The highest BCUT2D eigenvalue weighted by atomic mass is 16.6. The lowest BCUT2D eigenvalue weighted by molar-refractivity contribution is -0.136. The van der Waals surface area contributed by atoms with E-state index in [1.807, 2.05) is 0 Å². The first-order valence-corrected chi connectivity index (χ1v) is 7.78. The number of nitrogens with zero attached hydrogens (tertiary/aromatic N) is 1. The van der Waals surface area contributed by atoms with E-state index in [1.54, 1.807) is 12.1 Å². The summed E-state index contributed by atoms with van der Waals surface area (Å²) in [5.41, 5.74) is 1.22. The Labute approximate surface area is 137 Å². The van der Waals surface area contributed by atoms with Crippen molar-refractivity contribution in [2.75, 3.05) is 13.2 Å². The summed E-state index contributed by atoms with van der Waals surface area (Å²) < 4.78 is 11.2. The lowest BCUT2D eigenvalue weighted by atomic mass is 10.0. The Bertz CT molecular complexity index is 746. The smallest absolute Gasteiger partial charge is 0.255 e. The fraction of sp³-hybridized carbons (Fsp3) is 0.438. The number of imide groups is 1. The summed E-state index contributed by atoms with van der Waals surface area (Å²) in [5.74, 6) is -0.0678. The fourth-order valence-electron chi connectivity index (χ4n) is 3.26. The van der Waals surface area contributed by atoms with E-state index in [0.29, 0.717) is 23.5 Å². The minimum atomic E-state index is -0.647. The van der Waals surface area contributed by atoms with Gasteiger partial charge in [-0.2, -0.15) is 0 Å². The largest absolute Gasteiger partial charge is 0.486 e. The molecule has 2 atom stereocenters. The summed E-state index contributed by atoms with van der Waals surface area (Å²) >= 11 is 0. The summed E-state index contributed by atoms with van der Waals surface area (Å²) in [7, 11) is 0. The van der Waals surface area contributed by atoms with Gasteiger partial charge in [0.05, 0.1) is 6.61 Å². The quantitative estimate of drug-likeness (QED) is 0.713. The monoisotopic (exact) mass is 332 g/mol. The van der Waals surface area contributed by atoms with Crippen LogP contribution in [0.15, 0.2) is 12.1 Å². The van der Waals surface area contributed by atoms with E-state index in [-0.39, 0.29) is 38.0 Å². The zero-order valence-corrected chi connectivity index (χ0v) is 12.8. The van der Waals surface area contributed by atoms with Crippen LogP contribution < -0.4 is 14.8 Å². The van der Waals surface area contributed by atoms with Crippen molar-refractivity contribution in [1.82, 2.24) is 10.2 Å². The zero-order valence-electron chi connectivity index (χ0n) is 12.8. The first kappa shape index (κ1) is 14.9. The van der Waals surface area contributed by atoms with Crippen molar-refractivity contribution in [3.8, 4) is 11.5 Å². The van der Waals surface area contributed by atoms with Gasteiger partial charge < -0.3 is 19.5 Å². The van der Waals surface area contributed by atoms with Gasteiger partial charge in [-0.3, -0.25) is 19.7 Å². The second kappa shape index (κ2) is 5.48. The number of aliphatic hydroxyl groups excluding tert-OH is 1. The van der Waals surface area contributed by atoms with E-state index in [4.69, 9.17) is 9.47 Å². The van der Waals surface area contributed by atoms with Crippen molar-refractivity contribution in [1.29, 1.82) is 0 Å². The number of ether oxygens (including phenoxy) is 2. The predicted molar refractivity (Wildman–Crippen MR) is 79.5 cm³/mol. The minimum Gasteiger partial charge on any atom is -0.486 e. The topological polar surface area (TPSA) is 105 Å². The third-order valence-electron chi connectivity index (χ3n) is 4.51. The number of amides is 3. The van der Waals surface area contributed by atoms with Crippen LogP contribution in [0, 0.1) is 0 Å². The van der Waals surface area contributed by atoms with Crippen molar-refractivity contribution in [3.63, 3.8) is 0 Å². The molecule has 8 nitrogen and oxygen atoms in total. The molecule has 0 aliphatic carbocycles. The molecule has 3 amide bonds. The number of hydrogen-bond acceptors (Lipinski definition) is 6. The number of rotatable bonds is 2. The van der Waals surface area contributed by atoms with Gasteiger partial charge in [0.2, 0.25) is 11.8 Å². The maximum Gasteiger partial charge on any atom is 0.255 e. The van der Waals surface area contributed by atoms with Gasteiger partial charge in [-0.05, 0) is 24.1 Å². The van der Waals surface area contributed by atoms with Crippen LogP contribution in [-0.4, -0.2) is 53.1 Å². The number of nitrogens with one attached hydrogen (secondary N) is 1. The molecular weight excluding hydrogens is 316 g/mol. The van der Waals surface area contributed by atoms with E-state index < -0.39 is 18.1 Å². The van der Waals surface area contributed by atoms with Gasteiger partial charge in [-0.1, -0.05) is 0 Å². The van der Waals surface area contributed by atoms with Gasteiger partial charge in [-0.25, -0.2) is 0 Å². The van der Waals surface area contributed by atoms with E-state index in [0.717, 1.165) is 5.56 Å². The number of benzene rings is 1. The average Bonchev–Trinajstić information content (AvgIpc) is 2.88. The molecule has 126 valence electrons. The van der Waals surface area contributed by atoms with E-state index in [1.165, 1.54) is 4.90 Å². The van der Waals surface area contributed by atoms with Crippen LogP contribution in [0.2, 0.25) is 0 Å². The molecule has 24 heavy (non-hydrogen) atoms. The van der Waals surface area contributed by atoms with Crippen molar-refractivity contribution < 1.29 is 29.0 Å². The van der Waals surface area contributed by atoms with E-state index in [2.05, 4.69) is 5.32 Å². The van der Waals surface area contributed by atoms with Gasteiger partial charge in [0, 0.05) is 18.5 Å². The number of hydrogen-bond donors (Lipinski definition) is 2. The molecule has 1 fully saturated rings. The molecule has 3 aliphatic heterocycles. The summed E-state index contributed by atoms with van der Waals surface area (Å²) in [4.78, 5) is 37.4. The molecule has 1 saturated heterocycles. The Kier molecular flexibility index (Phi) is 3.42. The minimum absolute atomic E-state index is 0.155. The van der Waals surface area contributed by atoms with Gasteiger partial charge in [-0.15, -0.1) is 0 Å².